The van der Waals surface area contributed by atoms with Crippen molar-refractivity contribution >= 4 is 30.7 Å². The van der Waals surface area contributed by atoms with Crippen LogP contribution in [0.15, 0.2) is 30.3 Å². The summed E-state index contributed by atoms with van der Waals surface area (Å²) in [5, 5.41) is 2.94. The number of nitrogens with one attached hydrogen (secondary N) is 1. The second kappa shape index (κ2) is 12.5. The van der Waals surface area contributed by atoms with Crippen LogP contribution >= 0.6 is 24.8 Å². The molecular weight excluding hydrogens is 353 g/mol. The number of halogens is 2. The van der Waals surface area contributed by atoms with Crippen molar-refractivity contribution in [1.82, 2.24) is 10.2 Å². The summed E-state index contributed by atoms with van der Waals surface area (Å²) in [7, 11) is 1.54. The number of methoxy groups -OCH3 is 1. The Hall–Kier alpha value is -0.890. The second-order valence-electron chi connectivity index (χ2n) is 5.38. The van der Waals surface area contributed by atoms with Crippen molar-refractivity contribution in [3.8, 4) is 0 Å². The van der Waals surface area contributed by atoms with Crippen LogP contribution in [0.3, 0.4) is 0 Å². The lowest BCUT2D eigenvalue weighted by Gasteiger charge is -2.35. The summed E-state index contributed by atoms with van der Waals surface area (Å²) in [6.45, 7) is 3.92. The molecule has 2 atom stereocenters. The van der Waals surface area contributed by atoms with Crippen molar-refractivity contribution in [3.05, 3.63) is 35.9 Å². The van der Waals surface area contributed by atoms with E-state index in [1.165, 1.54) is 12.7 Å². The molecule has 2 unspecified atom stereocenters. The lowest BCUT2D eigenvalue weighted by Crippen LogP contribution is -2.48. The zero-order valence-corrected chi connectivity index (χ0v) is 15.5. The number of benzene rings is 1. The van der Waals surface area contributed by atoms with Gasteiger partial charge in [-0.1, -0.05) is 30.3 Å². The Morgan fingerprint density at radius 3 is 2.50 bits per heavy atom. The third-order valence-corrected chi connectivity index (χ3v) is 3.82. The first kappa shape index (κ1) is 23.1. The van der Waals surface area contributed by atoms with Crippen LogP contribution in [0.1, 0.15) is 11.6 Å². The number of nitrogens with zero attached hydrogens (tertiary/aromatic N) is 1. The molecule has 138 valence electrons. The summed E-state index contributed by atoms with van der Waals surface area (Å²) in [6, 6.07) is 9.69. The number of hydrogen-bond acceptors (Lipinski definition) is 5. The van der Waals surface area contributed by atoms with Gasteiger partial charge in [0.25, 0.3) is 0 Å². The number of carbonyl (C=O) groups is 1. The van der Waals surface area contributed by atoms with Crippen molar-refractivity contribution < 1.29 is 14.3 Å². The molecule has 2 rings (SSSR count). The fourth-order valence-electron chi connectivity index (χ4n) is 2.61. The van der Waals surface area contributed by atoms with Gasteiger partial charge in [-0.2, -0.15) is 0 Å². The topological polar surface area (TPSA) is 76.8 Å². The Labute approximate surface area is 155 Å². The standard InChI is InChI=1S/C16H25N3O3.2ClH/c1-21-12-14(17)16(20)18-11-15(13-5-3-2-4-6-13)19-7-9-22-10-8-19;;/h2-6,14-15H,7-12,17H2,1H3,(H,18,20);2*1H. The maximum Gasteiger partial charge on any atom is 0.239 e. The third-order valence-electron chi connectivity index (χ3n) is 3.82. The highest BCUT2D eigenvalue weighted by Gasteiger charge is 2.24. The summed E-state index contributed by atoms with van der Waals surface area (Å²) in [4.78, 5) is 14.3. The third kappa shape index (κ3) is 6.93. The Morgan fingerprint density at radius 1 is 1.29 bits per heavy atom. The highest BCUT2D eigenvalue weighted by molar-refractivity contribution is 5.85. The maximum absolute atomic E-state index is 12.0. The van der Waals surface area contributed by atoms with E-state index in [0.29, 0.717) is 6.54 Å². The van der Waals surface area contributed by atoms with Crippen LogP contribution < -0.4 is 11.1 Å². The van der Waals surface area contributed by atoms with E-state index in [2.05, 4.69) is 22.3 Å². The van der Waals surface area contributed by atoms with Gasteiger partial charge in [-0.15, -0.1) is 24.8 Å². The van der Waals surface area contributed by atoms with Gasteiger partial charge in [-0.3, -0.25) is 9.69 Å². The highest BCUT2D eigenvalue weighted by Crippen LogP contribution is 2.20. The molecule has 1 heterocycles. The molecule has 8 heteroatoms. The van der Waals surface area contributed by atoms with Gasteiger partial charge in [0, 0.05) is 26.7 Å². The molecule has 6 nitrogen and oxygen atoms in total. The number of carbonyl (C=O) groups excluding carboxylic acids is 1. The van der Waals surface area contributed by atoms with Crippen LogP contribution in [0.4, 0.5) is 0 Å². The molecule has 0 spiro atoms. The van der Waals surface area contributed by atoms with Gasteiger partial charge in [-0.25, -0.2) is 0 Å². The second-order valence-corrected chi connectivity index (χ2v) is 5.38. The fraction of sp³-hybridized carbons (Fsp3) is 0.562. The van der Waals surface area contributed by atoms with Gasteiger partial charge >= 0.3 is 0 Å². The Balaban J connectivity index is 0.00000264. The predicted octanol–water partition coefficient (Wildman–Crippen LogP) is 0.993. The molecule has 1 fully saturated rings. The lowest BCUT2D eigenvalue weighted by molar-refractivity contribution is -0.123. The molecule has 0 aromatic heterocycles. The molecule has 0 radical (unpaired) electrons. The molecule has 1 saturated heterocycles. The molecule has 1 aliphatic heterocycles. The normalized spacial score (nSPS) is 17.1. The first-order chi connectivity index (χ1) is 10.7. The zero-order chi connectivity index (χ0) is 15.8. The number of rotatable bonds is 7. The highest BCUT2D eigenvalue weighted by atomic mass is 35.5. The van der Waals surface area contributed by atoms with E-state index in [9.17, 15) is 4.79 Å². The summed E-state index contributed by atoms with van der Waals surface area (Å²) in [5.74, 6) is -0.184. The summed E-state index contributed by atoms with van der Waals surface area (Å²) < 4.78 is 10.3. The molecule has 1 aromatic rings. The number of nitrogens with two attached hydrogens (primary N) is 1. The summed E-state index contributed by atoms with van der Waals surface area (Å²) >= 11 is 0. The molecule has 0 bridgehead atoms. The Morgan fingerprint density at radius 2 is 1.92 bits per heavy atom. The molecule has 1 amide bonds. The fourth-order valence-corrected chi connectivity index (χ4v) is 2.61. The minimum atomic E-state index is -0.633. The summed E-state index contributed by atoms with van der Waals surface area (Å²) in [6.07, 6.45) is 0. The van der Waals surface area contributed by atoms with Crippen molar-refractivity contribution in [1.29, 1.82) is 0 Å². The van der Waals surface area contributed by atoms with Crippen LogP contribution in [-0.4, -0.2) is 63.4 Å². The van der Waals surface area contributed by atoms with E-state index in [1.54, 1.807) is 0 Å². The average molecular weight is 380 g/mol. The zero-order valence-electron chi connectivity index (χ0n) is 13.8. The van der Waals surface area contributed by atoms with Gasteiger partial charge < -0.3 is 20.5 Å². The molecule has 0 aliphatic carbocycles. The van der Waals surface area contributed by atoms with Crippen LogP contribution in [-0.2, 0) is 14.3 Å². The van der Waals surface area contributed by atoms with Crippen molar-refractivity contribution in [2.75, 3.05) is 46.6 Å². The van der Waals surface area contributed by atoms with Gasteiger partial charge in [0.05, 0.1) is 25.9 Å². The van der Waals surface area contributed by atoms with Crippen molar-refractivity contribution in [2.45, 2.75) is 12.1 Å². The summed E-state index contributed by atoms with van der Waals surface area (Å²) in [5.41, 5.74) is 6.95. The first-order valence-electron chi connectivity index (χ1n) is 7.61. The van der Waals surface area contributed by atoms with Crippen LogP contribution in [0, 0.1) is 0 Å². The SMILES string of the molecule is COCC(N)C(=O)NCC(c1ccccc1)N1CCOCC1.Cl.Cl. The number of morpholine rings is 1. The Bertz CT molecular complexity index is 459. The predicted molar refractivity (Wildman–Crippen MR) is 98.9 cm³/mol. The van der Waals surface area contributed by atoms with E-state index < -0.39 is 6.04 Å². The molecule has 1 aliphatic rings. The van der Waals surface area contributed by atoms with Crippen molar-refractivity contribution in [3.63, 3.8) is 0 Å². The lowest BCUT2D eigenvalue weighted by atomic mass is 10.0. The van der Waals surface area contributed by atoms with Crippen molar-refractivity contribution in [2.24, 2.45) is 5.73 Å². The van der Waals surface area contributed by atoms with Crippen LogP contribution in [0.5, 0.6) is 0 Å². The smallest absolute Gasteiger partial charge is 0.239 e. The molecule has 3 N–H and O–H groups in total. The first-order valence-corrected chi connectivity index (χ1v) is 7.61. The van der Waals surface area contributed by atoms with Gasteiger partial charge in [0.2, 0.25) is 5.91 Å². The molecule has 1 aromatic carbocycles. The van der Waals surface area contributed by atoms with Gasteiger partial charge in [0.15, 0.2) is 0 Å². The van der Waals surface area contributed by atoms with Gasteiger partial charge in [-0.05, 0) is 5.56 Å². The number of amides is 1. The Kier molecular flexibility index (Phi) is 12.0. The van der Waals surface area contributed by atoms with Gasteiger partial charge in [0.1, 0.15) is 6.04 Å². The van der Waals surface area contributed by atoms with E-state index in [0.717, 1.165) is 26.3 Å². The number of ether oxygens (including phenoxy) is 2. The quantitative estimate of drug-likeness (QED) is 0.738. The maximum atomic E-state index is 12.0. The molecule has 0 saturated carbocycles. The van der Waals surface area contributed by atoms with E-state index in [-0.39, 0.29) is 43.4 Å². The monoisotopic (exact) mass is 379 g/mol. The van der Waals surface area contributed by atoms with Crippen LogP contribution in [0.25, 0.3) is 0 Å². The molecular formula is C16H27Cl2N3O3. The minimum absolute atomic E-state index is 0. The minimum Gasteiger partial charge on any atom is -0.383 e. The van der Waals surface area contributed by atoms with E-state index >= 15 is 0 Å². The van der Waals surface area contributed by atoms with E-state index in [1.807, 2.05) is 18.2 Å². The van der Waals surface area contributed by atoms with E-state index in [4.69, 9.17) is 15.2 Å². The number of hydrogen-bond donors (Lipinski definition) is 2. The van der Waals surface area contributed by atoms with Crippen LogP contribution in [0.2, 0.25) is 0 Å². The molecule has 24 heavy (non-hydrogen) atoms. The largest absolute Gasteiger partial charge is 0.383 e. The average Bonchev–Trinajstić information content (AvgIpc) is 2.57.